The molecule has 0 unspecified atom stereocenters. The zero-order chi connectivity index (χ0) is 49.2. The van der Waals surface area contributed by atoms with Crippen molar-refractivity contribution < 1.29 is 71.5 Å². The van der Waals surface area contributed by atoms with E-state index in [1.54, 1.807) is 83.1 Å². The first-order valence-corrected chi connectivity index (χ1v) is 20.8. The molecule has 0 radical (unpaired) electrons. The van der Waals surface area contributed by atoms with Crippen molar-refractivity contribution in [3.8, 4) is 5.75 Å². The lowest BCUT2D eigenvalue weighted by molar-refractivity contribution is -0.217. The third-order valence-corrected chi connectivity index (χ3v) is 9.32. The molecular formula is C45H57F3N6O12. The Bertz CT molecular complexity index is 2090. The number of carbonyl (C=O) groups is 7. The van der Waals surface area contributed by atoms with Crippen LogP contribution >= 0.6 is 0 Å². The topological polar surface area (TPSA) is 271 Å². The lowest BCUT2D eigenvalue weighted by Gasteiger charge is -2.28. The minimum atomic E-state index is -5.38. The number of alkyl carbamates (subject to hydrolysis) is 1. The zero-order valence-electron chi connectivity index (χ0n) is 37.0. The number of phenols is 1. The molecule has 0 aliphatic rings. The molecular weight excluding hydrogens is 874 g/mol. The second-order valence-electron chi connectivity index (χ2n) is 16.6. The Morgan fingerprint density at radius 2 is 1.14 bits per heavy atom. The van der Waals surface area contributed by atoms with E-state index in [1.165, 1.54) is 36.4 Å². The van der Waals surface area contributed by atoms with Crippen molar-refractivity contribution in [3.63, 3.8) is 0 Å². The number of phenolic OH excluding ortho intramolecular Hbond substituents is 1. The second-order valence-corrected chi connectivity index (χ2v) is 16.6. The van der Waals surface area contributed by atoms with Crippen molar-refractivity contribution in [1.82, 2.24) is 31.9 Å². The lowest BCUT2D eigenvalue weighted by atomic mass is 10.00. The molecule has 6 atom stereocenters. The van der Waals surface area contributed by atoms with Gasteiger partial charge in [0.2, 0.25) is 29.5 Å². The van der Waals surface area contributed by atoms with Crippen LogP contribution in [0.15, 0.2) is 84.9 Å². The van der Waals surface area contributed by atoms with E-state index < -0.39 is 109 Å². The van der Waals surface area contributed by atoms with Crippen LogP contribution in [0.1, 0.15) is 57.7 Å². The van der Waals surface area contributed by atoms with Crippen molar-refractivity contribution in [1.29, 1.82) is 0 Å². The van der Waals surface area contributed by atoms with E-state index in [2.05, 4.69) is 26.6 Å². The minimum absolute atomic E-state index is 0.0518. The molecule has 18 nitrogen and oxygen atoms in total. The Labute approximate surface area is 379 Å². The Hall–Kier alpha value is -6.74. The van der Waals surface area contributed by atoms with E-state index in [4.69, 9.17) is 9.47 Å². The van der Waals surface area contributed by atoms with Crippen molar-refractivity contribution in [2.24, 2.45) is 5.92 Å². The number of amides is 6. The number of aliphatic hydroxyl groups excluding tert-OH is 2. The number of benzene rings is 3. The maximum Gasteiger partial charge on any atom is 0.416 e. The maximum atomic E-state index is 13.9. The fraction of sp³-hybridized carbons (Fsp3) is 0.444. The van der Waals surface area contributed by atoms with Gasteiger partial charge in [-0.25, -0.2) is 9.59 Å². The van der Waals surface area contributed by atoms with Gasteiger partial charge in [-0.15, -0.1) is 0 Å². The highest BCUT2D eigenvalue weighted by atomic mass is 19.4. The molecule has 0 bridgehead atoms. The molecule has 3 rings (SSSR count). The summed E-state index contributed by atoms with van der Waals surface area (Å²) < 4.78 is 51.6. The van der Waals surface area contributed by atoms with Gasteiger partial charge in [-0.3, -0.25) is 24.0 Å². The predicted molar refractivity (Wildman–Crippen MR) is 231 cm³/mol. The van der Waals surface area contributed by atoms with Gasteiger partial charge in [0, 0.05) is 12.8 Å². The standard InChI is InChI=1S/C45H57F3N6O12/c1-26(2)20-31(41(62)54-36(37(58)45(46,47)48)42(63)65-25-29-14-10-7-11-15-29)51-39(60)32(21-27-12-8-6-9-13-27)50-35(57)23-49-38(59)34(24-55)52-40(61)33(53-43(64)66-44(3,4)5)22-28-16-18-30(56)19-17-28/h6-19,26,31-34,36-37,55-56,58H,20-25H2,1-5H3,(H,49,59)(H,50,57)(H,51,60)(H,52,61)(H,53,64)(H,54,62)/t31-,32-,33-,34+,36-,37-/m0/s1. The van der Waals surface area contributed by atoms with Gasteiger partial charge in [-0.05, 0) is 61.9 Å². The second kappa shape index (κ2) is 25.1. The SMILES string of the molecule is CC(C)C[C@H](NC(=O)[C@H](Cc1ccccc1)NC(=O)CNC(=O)[C@@H](CO)NC(=O)[C@H](Cc1ccc(O)cc1)NC(=O)OC(C)(C)C)C(=O)N[C@H](C(=O)OCc1ccccc1)[C@H](O)C(F)(F)F. The number of alkyl halides is 3. The molecule has 66 heavy (non-hydrogen) atoms. The number of nitrogens with one attached hydrogen (secondary N) is 6. The Morgan fingerprint density at radius 1 is 0.636 bits per heavy atom. The van der Waals surface area contributed by atoms with Crippen LogP contribution in [0.4, 0.5) is 18.0 Å². The third-order valence-electron chi connectivity index (χ3n) is 9.32. The van der Waals surface area contributed by atoms with Gasteiger partial charge < -0.3 is 56.7 Å². The monoisotopic (exact) mass is 930 g/mol. The Kier molecular flexibility index (Phi) is 20.4. The number of rotatable bonds is 22. The molecule has 0 aromatic heterocycles. The molecule has 6 amide bonds. The van der Waals surface area contributed by atoms with E-state index in [1.807, 2.05) is 5.32 Å². The van der Waals surface area contributed by atoms with Crippen LogP contribution < -0.4 is 31.9 Å². The number of hydrogen-bond donors (Lipinski definition) is 9. The summed E-state index contributed by atoms with van der Waals surface area (Å²) in [7, 11) is 0. The van der Waals surface area contributed by atoms with E-state index in [0.29, 0.717) is 16.7 Å². The van der Waals surface area contributed by atoms with Crippen LogP contribution in [0.25, 0.3) is 0 Å². The average Bonchev–Trinajstić information content (AvgIpc) is 3.24. The van der Waals surface area contributed by atoms with Crippen molar-refractivity contribution >= 4 is 41.6 Å². The normalized spacial score (nSPS) is 14.2. The van der Waals surface area contributed by atoms with E-state index in [9.17, 15) is 62.1 Å². The Morgan fingerprint density at radius 3 is 1.65 bits per heavy atom. The van der Waals surface area contributed by atoms with E-state index in [0.717, 1.165) is 0 Å². The molecule has 3 aromatic carbocycles. The molecule has 0 heterocycles. The number of esters is 1. The van der Waals surface area contributed by atoms with Crippen molar-refractivity contribution in [3.05, 3.63) is 102 Å². The highest BCUT2D eigenvalue weighted by Gasteiger charge is 2.48. The van der Waals surface area contributed by atoms with Gasteiger partial charge in [0.1, 0.15) is 42.1 Å². The minimum Gasteiger partial charge on any atom is -0.508 e. The molecule has 0 aliphatic heterocycles. The van der Waals surface area contributed by atoms with Gasteiger partial charge >= 0.3 is 18.2 Å². The molecule has 360 valence electrons. The largest absolute Gasteiger partial charge is 0.508 e. The van der Waals surface area contributed by atoms with Gasteiger partial charge in [0.05, 0.1) is 13.2 Å². The number of halogens is 3. The first-order valence-electron chi connectivity index (χ1n) is 20.8. The highest BCUT2D eigenvalue weighted by molar-refractivity contribution is 5.96. The number of carbonyl (C=O) groups excluding carboxylic acids is 7. The molecule has 0 saturated carbocycles. The van der Waals surface area contributed by atoms with Gasteiger partial charge in [-0.2, -0.15) is 13.2 Å². The van der Waals surface area contributed by atoms with Crippen LogP contribution in [0, 0.1) is 5.92 Å². The third kappa shape index (κ3) is 18.8. The molecule has 0 aliphatic carbocycles. The fourth-order valence-corrected chi connectivity index (χ4v) is 6.09. The number of ether oxygens (including phenoxy) is 2. The summed E-state index contributed by atoms with van der Waals surface area (Å²) in [4.78, 5) is 92.9. The van der Waals surface area contributed by atoms with Crippen LogP contribution in [-0.4, -0.2) is 118 Å². The summed E-state index contributed by atoms with van der Waals surface area (Å²) in [6, 6.07) is 13.2. The Balaban J connectivity index is 1.75. The number of aromatic hydroxyl groups is 1. The highest BCUT2D eigenvalue weighted by Crippen LogP contribution is 2.24. The molecule has 0 saturated heterocycles. The number of aliphatic hydroxyl groups is 2. The molecule has 3 aromatic rings. The molecule has 0 spiro atoms. The quantitative estimate of drug-likeness (QED) is 0.0654. The van der Waals surface area contributed by atoms with Crippen molar-refractivity contribution in [2.75, 3.05) is 13.2 Å². The average molecular weight is 931 g/mol. The van der Waals surface area contributed by atoms with Gasteiger partial charge in [0.15, 0.2) is 12.1 Å². The predicted octanol–water partition coefficient (Wildman–Crippen LogP) is 1.83. The van der Waals surface area contributed by atoms with Crippen molar-refractivity contribution in [2.45, 2.75) is 109 Å². The van der Waals surface area contributed by atoms with Crippen LogP contribution in [-0.2, 0) is 57.7 Å². The molecule has 0 fully saturated rings. The first-order chi connectivity index (χ1) is 30.9. The summed E-state index contributed by atoms with van der Waals surface area (Å²) in [5, 5.41) is 43.6. The first kappa shape index (κ1) is 53.6. The van der Waals surface area contributed by atoms with Crippen LogP contribution in [0.3, 0.4) is 0 Å². The molecule has 9 N–H and O–H groups in total. The number of hydrogen-bond acceptors (Lipinski definition) is 12. The summed E-state index contributed by atoms with van der Waals surface area (Å²) in [6.07, 6.45) is -10.2. The zero-order valence-corrected chi connectivity index (χ0v) is 37.0. The van der Waals surface area contributed by atoms with Gasteiger partial charge in [-0.1, -0.05) is 86.6 Å². The summed E-state index contributed by atoms with van der Waals surface area (Å²) in [6.45, 7) is 5.85. The van der Waals surface area contributed by atoms with Gasteiger partial charge in [0.25, 0.3) is 0 Å². The summed E-state index contributed by atoms with van der Waals surface area (Å²) in [5.74, 6) is -7.21. The maximum absolute atomic E-state index is 13.9. The van der Waals surface area contributed by atoms with Crippen LogP contribution in [0.2, 0.25) is 0 Å². The molecule has 21 heteroatoms. The summed E-state index contributed by atoms with van der Waals surface area (Å²) in [5.41, 5.74) is 0.497. The fourth-order valence-electron chi connectivity index (χ4n) is 6.09. The lowest BCUT2D eigenvalue weighted by Crippen LogP contribution is -2.60. The summed E-state index contributed by atoms with van der Waals surface area (Å²) >= 11 is 0. The van der Waals surface area contributed by atoms with Crippen LogP contribution in [0.5, 0.6) is 5.75 Å². The van der Waals surface area contributed by atoms with E-state index >= 15 is 0 Å². The van der Waals surface area contributed by atoms with E-state index in [-0.39, 0.29) is 30.9 Å². The smallest absolute Gasteiger partial charge is 0.416 e.